The van der Waals surface area contributed by atoms with Crippen LogP contribution in [0, 0.1) is 0 Å². The third-order valence-electron chi connectivity index (χ3n) is 8.59. The Labute approximate surface area is 220 Å². The highest BCUT2D eigenvalue weighted by molar-refractivity contribution is 7.88. The monoisotopic (exact) mass is 570 g/mol. The van der Waals surface area contributed by atoms with E-state index in [2.05, 4.69) is 0 Å². The molecule has 38 heavy (non-hydrogen) atoms. The van der Waals surface area contributed by atoms with Gasteiger partial charge in [0.05, 0.1) is 0 Å². The van der Waals surface area contributed by atoms with Crippen molar-refractivity contribution in [2.45, 2.75) is 131 Å². The molecule has 1 aromatic rings. The lowest BCUT2D eigenvalue weighted by Crippen LogP contribution is -2.58. The maximum atomic E-state index is 14.6. The zero-order chi connectivity index (χ0) is 27.8. The molecule has 0 radical (unpaired) electrons. The molecule has 0 amide bonds. The highest BCUT2D eigenvalue weighted by Crippen LogP contribution is 2.51. The van der Waals surface area contributed by atoms with Gasteiger partial charge in [-0.15, -0.1) is 0 Å². The number of halogens is 6. The van der Waals surface area contributed by atoms with Crippen molar-refractivity contribution in [2.24, 2.45) is 0 Å². The second kappa shape index (κ2) is 11.2. The fourth-order valence-corrected chi connectivity index (χ4v) is 7.35. The van der Waals surface area contributed by atoms with E-state index in [-0.39, 0.29) is 17.8 Å². The van der Waals surface area contributed by atoms with Gasteiger partial charge >= 0.3 is 27.4 Å². The van der Waals surface area contributed by atoms with E-state index in [1.807, 2.05) is 0 Å². The maximum Gasteiger partial charge on any atom is 0.452 e. The van der Waals surface area contributed by atoms with Gasteiger partial charge in [-0.2, -0.15) is 34.8 Å². The van der Waals surface area contributed by atoms with E-state index in [9.17, 15) is 34.8 Å². The van der Waals surface area contributed by atoms with Crippen molar-refractivity contribution in [3.05, 3.63) is 28.8 Å². The lowest BCUT2D eigenvalue weighted by molar-refractivity contribution is -0.366. The van der Waals surface area contributed by atoms with E-state index < -0.39 is 33.2 Å². The first-order chi connectivity index (χ1) is 17.8. The average molecular weight is 571 g/mol. The lowest BCUT2D eigenvalue weighted by atomic mass is 9.75. The van der Waals surface area contributed by atoms with Gasteiger partial charge in [-0.1, -0.05) is 69.9 Å². The van der Waals surface area contributed by atoms with Crippen LogP contribution in [0.5, 0.6) is 5.75 Å². The Balaban J connectivity index is 1.86. The Kier molecular flexibility index (Phi) is 8.67. The van der Waals surface area contributed by atoms with Gasteiger partial charge in [0.1, 0.15) is 5.75 Å². The number of benzene rings is 1. The second-order valence-corrected chi connectivity index (χ2v) is 12.8. The van der Waals surface area contributed by atoms with Crippen molar-refractivity contribution >= 4 is 10.1 Å². The van der Waals surface area contributed by atoms with Gasteiger partial charge in [0.15, 0.2) is 0 Å². The molecule has 0 unspecified atom stereocenters. The molecular formula is C27H36F6O4S. The minimum atomic E-state index is -6.64. The summed E-state index contributed by atoms with van der Waals surface area (Å²) in [6.07, 6.45) is 6.58. The van der Waals surface area contributed by atoms with Crippen LogP contribution in [0.2, 0.25) is 0 Å². The van der Waals surface area contributed by atoms with E-state index in [1.54, 1.807) is 12.1 Å². The Morgan fingerprint density at radius 1 is 0.658 bits per heavy atom. The number of hydrogen-bond acceptors (Lipinski definition) is 4. The molecule has 0 heterocycles. The molecule has 0 bridgehead atoms. The Morgan fingerprint density at radius 3 is 1.39 bits per heavy atom. The van der Waals surface area contributed by atoms with Gasteiger partial charge in [0, 0.05) is 0 Å². The highest BCUT2D eigenvalue weighted by atomic mass is 32.2. The minimum absolute atomic E-state index is 0.206. The zero-order valence-corrected chi connectivity index (χ0v) is 22.2. The van der Waals surface area contributed by atoms with Gasteiger partial charge in [-0.05, 0) is 73.0 Å². The topological polar surface area (TPSA) is 63.6 Å². The zero-order valence-electron chi connectivity index (χ0n) is 21.3. The molecule has 3 fully saturated rings. The van der Waals surface area contributed by atoms with Gasteiger partial charge in [-0.25, -0.2) is 0 Å². The molecule has 0 aliphatic heterocycles. The molecule has 4 rings (SSSR count). The Morgan fingerprint density at radius 2 is 1.03 bits per heavy atom. The largest absolute Gasteiger partial charge is 0.452 e. The summed E-state index contributed by atoms with van der Waals surface area (Å²) in [5.74, 6) is -7.27. The van der Waals surface area contributed by atoms with E-state index in [4.69, 9.17) is 9.29 Å². The van der Waals surface area contributed by atoms with Gasteiger partial charge in [0.2, 0.25) is 0 Å². The molecule has 0 saturated heterocycles. The molecule has 3 saturated carbocycles. The van der Waals surface area contributed by atoms with Gasteiger partial charge in [0.25, 0.3) is 0 Å². The fraction of sp³-hybridized carbons (Fsp3) is 0.778. The highest BCUT2D eigenvalue weighted by Gasteiger charge is 2.79. The Hall–Kier alpha value is -1.49. The number of hydrogen-bond donors (Lipinski definition) is 1. The summed E-state index contributed by atoms with van der Waals surface area (Å²) in [5, 5.41) is 2.04. The molecule has 11 heteroatoms. The van der Waals surface area contributed by atoms with Gasteiger partial charge in [-0.3, -0.25) is 0 Å². The van der Waals surface area contributed by atoms with E-state index in [0.717, 1.165) is 76.2 Å². The molecule has 1 aromatic carbocycles. The number of aliphatic hydroxyl groups is 1. The first-order valence-corrected chi connectivity index (χ1v) is 15.1. The summed E-state index contributed by atoms with van der Waals surface area (Å²) >= 11 is 0. The molecule has 1 N–H and O–H groups in total. The van der Waals surface area contributed by atoms with Crippen LogP contribution in [-0.4, -0.2) is 30.8 Å². The normalized spacial score (nSPS) is 22.0. The third-order valence-corrected chi connectivity index (χ3v) is 9.86. The van der Waals surface area contributed by atoms with E-state index in [1.165, 1.54) is 0 Å². The van der Waals surface area contributed by atoms with Crippen molar-refractivity contribution < 1.29 is 44.0 Å². The summed E-state index contributed by atoms with van der Waals surface area (Å²) in [6, 6.07) is 3.56. The molecular weight excluding hydrogens is 534 g/mol. The summed E-state index contributed by atoms with van der Waals surface area (Å²) < 4.78 is 113. The molecule has 3 aliphatic carbocycles. The van der Waals surface area contributed by atoms with Crippen LogP contribution in [0.15, 0.2) is 12.1 Å². The number of alkyl halides is 6. The quantitative estimate of drug-likeness (QED) is 0.252. The van der Waals surface area contributed by atoms with Crippen LogP contribution in [0.1, 0.15) is 131 Å². The van der Waals surface area contributed by atoms with Crippen molar-refractivity contribution in [1.82, 2.24) is 0 Å². The first-order valence-electron chi connectivity index (χ1n) is 13.7. The van der Waals surface area contributed by atoms with Crippen LogP contribution in [0.25, 0.3) is 0 Å². The van der Waals surface area contributed by atoms with Crippen molar-refractivity contribution in [3.8, 4) is 5.75 Å². The number of rotatable bonds is 8. The van der Waals surface area contributed by atoms with Crippen molar-refractivity contribution in [2.75, 3.05) is 0 Å². The molecule has 4 nitrogen and oxygen atoms in total. The minimum Gasteiger partial charge on any atom is -0.377 e. The predicted molar refractivity (Wildman–Crippen MR) is 131 cm³/mol. The predicted octanol–water partition coefficient (Wildman–Crippen LogP) is 8.35. The van der Waals surface area contributed by atoms with Crippen LogP contribution in [-0.2, 0) is 10.1 Å². The second-order valence-electron chi connectivity index (χ2n) is 11.2. The fourth-order valence-electron chi connectivity index (χ4n) is 6.39. The summed E-state index contributed by atoms with van der Waals surface area (Å²) in [7, 11) is -6.64. The smallest absolute Gasteiger partial charge is 0.377 e. The summed E-state index contributed by atoms with van der Waals surface area (Å²) in [5.41, 5.74) is 1.73. The molecule has 0 atom stereocenters. The van der Waals surface area contributed by atoms with Crippen LogP contribution < -0.4 is 4.18 Å². The van der Waals surface area contributed by atoms with Crippen LogP contribution in [0.3, 0.4) is 0 Å². The molecule has 216 valence electrons. The van der Waals surface area contributed by atoms with E-state index in [0.29, 0.717) is 36.8 Å². The van der Waals surface area contributed by atoms with E-state index >= 15 is 0 Å². The molecule has 3 aliphatic rings. The van der Waals surface area contributed by atoms with Gasteiger partial charge < -0.3 is 9.29 Å². The molecule has 0 aromatic heterocycles. The summed E-state index contributed by atoms with van der Waals surface area (Å²) in [4.78, 5) is 0. The SMILES string of the molecule is O=S(=O)(Oc1c(C2CCCCC2)cc(C2CCCCC2)cc1C1CCCCC1)C(F)(F)C(F)(F)C(O)(F)F. The summed E-state index contributed by atoms with van der Waals surface area (Å²) in [6.45, 7) is 0. The average Bonchev–Trinajstić information content (AvgIpc) is 2.89. The maximum absolute atomic E-state index is 14.6. The third kappa shape index (κ3) is 5.69. The standard InChI is InChI=1S/C27H36F6O4S/c28-25(29,26(30,31)34)27(32,33)38(35,36)37-24-22(19-12-6-2-7-13-19)16-21(18-10-4-1-5-11-18)17-23(24)20-14-8-3-9-15-20/h16-20,34H,1-15H2. The Bertz CT molecular complexity index is 1030. The lowest BCUT2D eigenvalue weighted by Gasteiger charge is -2.33. The van der Waals surface area contributed by atoms with Crippen LogP contribution in [0.4, 0.5) is 26.3 Å². The van der Waals surface area contributed by atoms with Crippen molar-refractivity contribution in [3.63, 3.8) is 0 Å². The van der Waals surface area contributed by atoms with Crippen molar-refractivity contribution in [1.29, 1.82) is 0 Å². The van der Waals surface area contributed by atoms with Crippen LogP contribution >= 0.6 is 0 Å². The first kappa shape index (κ1) is 29.5. The molecule has 0 spiro atoms.